The van der Waals surface area contributed by atoms with Crippen LogP contribution in [0.3, 0.4) is 0 Å². The molecule has 0 bridgehead atoms. The average molecular weight is 277 g/mol. The molecular formula is C16H27N3O. The molecule has 1 saturated carbocycles. The van der Waals surface area contributed by atoms with E-state index < -0.39 is 0 Å². The van der Waals surface area contributed by atoms with Crippen molar-refractivity contribution in [1.29, 1.82) is 0 Å². The normalized spacial score (nSPS) is 16.4. The first kappa shape index (κ1) is 15.3. The van der Waals surface area contributed by atoms with E-state index in [4.69, 9.17) is 4.74 Å². The first-order chi connectivity index (χ1) is 9.90. The van der Waals surface area contributed by atoms with Crippen LogP contribution >= 0.6 is 0 Å². The van der Waals surface area contributed by atoms with E-state index in [0.29, 0.717) is 6.04 Å². The molecule has 1 aliphatic rings. The molecule has 0 amide bonds. The largest absolute Gasteiger partial charge is 0.380 e. The minimum absolute atomic E-state index is 0.625. The average Bonchev–Trinajstić information content (AvgIpc) is 2.96. The maximum Gasteiger partial charge on any atom is 0.0762 e. The molecule has 0 saturated heterocycles. The molecular weight excluding hydrogens is 250 g/mol. The topological polar surface area (TPSA) is 39.1 Å². The first-order valence-corrected chi connectivity index (χ1v) is 7.83. The highest BCUT2D eigenvalue weighted by atomic mass is 16.5. The first-order valence-electron chi connectivity index (χ1n) is 7.83. The third kappa shape index (κ3) is 5.10. The van der Waals surface area contributed by atoms with Crippen LogP contribution in [0.1, 0.15) is 50.3 Å². The lowest BCUT2D eigenvalue weighted by Crippen LogP contribution is -2.20. The maximum absolute atomic E-state index is 5.45. The minimum Gasteiger partial charge on any atom is -0.380 e. The summed E-state index contributed by atoms with van der Waals surface area (Å²) in [6, 6.07) is 2.75. The van der Waals surface area contributed by atoms with Gasteiger partial charge in [-0.1, -0.05) is 25.3 Å². The van der Waals surface area contributed by atoms with E-state index >= 15 is 0 Å². The molecule has 0 unspecified atom stereocenters. The third-order valence-electron chi connectivity index (χ3n) is 3.81. The Hall–Kier alpha value is -1.13. The van der Waals surface area contributed by atoms with Crippen molar-refractivity contribution < 1.29 is 4.74 Å². The number of aromatic nitrogens is 2. The monoisotopic (exact) mass is 277 g/mol. The predicted molar refractivity (Wildman–Crippen MR) is 81.7 cm³/mol. The van der Waals surface area contributed by atoms with Gasteiger partial charge in [0.15, 0.2) is 0 Å². The highest BCUT2D eigenvalue weighted by Crippen LogP contribution is 2.27. The summed E-state index contributed by atoms with van der Waals surface area (Å²) in [5.41, 5.74) is 1.13. The minimum atomic E-state index is 0.625. The maximum atomic E-state index is 5.45. The van der Waals surface area contributed by atoms with Crippen molar-refractivity contribution in [2.45, 2.75) is 51.1 Å². The predicted octanol–water partition coefficient (Wildman–Crippen LogP) is 3.07. The standard InChI is InChI=1S/C16H27N3O/c1-2-3-12-20-13-10-17-14-15-9-11-19(18-15)16-7-5-4-6-8-16/h2,9,11,16-17H,1,3-8,10,12-14H2. The van der Waals surface area contributed by atoms with Crippen LogP contribution in [0.5, 0.6) is 0 Å². The van der Waals surface area contributed by atoms with Gasteiger partial charge in [-0.25, -0.2) is 0 Å². The molecule has 1 heterocycles. The highest BCUT2D eigenvalue weighted by Gasteiger charge is 2.15. The Balaban J connectivity index is 1.61. The van der Waals surface area contributed by atoms with Gasteiger partial charge in [0, 0.05) is 19.3 Å². The van der Waals surface area contributed by atoms with E-state index in [1.54, 1.807) is 0 Å². The van der Waals surface area contributed by atoms with Crippen LogP contribution in [-0.4, -0.2) is 29.5 Å². The number of hydrogen-bond acceptors (Lipinski definition) is 3. The summed E-state index contributed by atoms with van der Waals surface area (Å²) in [6.45, 7) is 6.87. The van der Waals surface area contributed by atoms with Crippen molar-refractivity contribution in [3.8, 4) is 0 Å². The number of nitrogens with zero attached hydrogens (tertiary/aromatic N) is 2. The Bertz CT molecular complexity index is 383. The summed E-state index contributed by atoms with van der Waals surface area (Å²) in [7, 11) is 0. The molecule has 2 rings (SSSR count). The molecule has 4 heteroatoms. The number of nitrogens with one attached hydrogen (secondary N) is 1. The molecule has 0 aromatic carbocycles. The Morgan fingerprint density at radius 3 is 3.00 bits per heavy atom. The molecule has 1 aromatic rings. The molecule has 0 spiro atoms. The van der Waals surface area contributed by atoms with Crippen LogP contribution in [-0.2, 0) is 11.3 Å². The Morgan fingerprint density at radius 1 is 1.35 bits per heavy atom. The summed E-state index contributed by atoms with van der Waals surface area (Å²) in [4.78, 5) is 0. The van der Waals surface area contributed by atoms with Crippen molar-refractivity contribution >= 4 is 0 Å². The fourth-order valence-electron chi connectivity index (χ4n) is 2.65. The van der Waals surface area contributed by atoms with Gasteiger partial charge in [0.25, 0.3) is 0 Å². The summed E-state index contributed by atoms with van der Waals surface area (Å²) >= 11 is 0. The molecule has 0 atom stereocenters. The number of ether oxygens (including phenoxy) is 1. The molecule has 20 heavy (non-hydrogen) atoms. The van der Waals surface area contributed by atoms with Crippen molar-refractivity contribution in [2.24, 2.45) is 0 Å². The third-order valence-corrected chi connectivity index (χ3v) is 3.81. The second-order valence-corrected chi connectivity index (χ2v) is 5.45. The summed E-state index contributed by atoms with van der Waals surface area (Å²) in [5.74, 6) is 0. The van der Waals surface area contributed by atoms with Gasteiger partial charge in [-0.3, -0.25) is 4.68 Å². The van der Waals surface area contributed by atoms with Gasteiger partial charge < -0.3 is 10.1 Å². The van der Waals surface area contributed by atoms with E-state index in [1.165, 1.54) is 32.1 Å². The van der Waals surface area contributed by atoms with Crippen molar-refractivity contribution in [3.63, 3.8) is 0 Å². The lowest BCUT2D eigenvalue weighted by atomic mass is 9.96. The van der Waals surface area contributed by atoms with Gasteiger partial charge in [0.1, 0.15) is 0 Å². The Labute approximate surface area is 122 Å². The Morgan fingerprint density at radius 2 is 2.20 bits per heavy atom. The zero-order chi connectivity index (χ0) is 14.0. The smallest absolute Gasteiger partial charge is 0.0762 e. The van der Waals surface area contributed by atoms with E-state index in [-0.39, 0.29) is 0 Å². The zero-order valence-corrected chi connectivity index (χ0v) is 12.4. The molecule has 4 nitrogen and oxygen atoms in total. The number of hydrogen-bond donors (Lipinski definition) is 1. The van der Waals surface area contributed by atoms with Crippen LogP contribution in [0.4, 0.5) is 0 Å². The molecule has 1 aromatic heterocycles. The molecule has 1 fully saturated rings. The molecule has 0 radical (unpaired) electrons. The molecule has 0 aliphatic heterocycles. The van der Waals surface area contributed by atoms with Gasteiger partial charge >= 0.3 is 0 Å². The lowest BCUT2D eigenvalue weighted by Gasteiger charge is -2.21. The Kier molecular flexibility index (Phi) is 6.81. The van der Waals surface area contributed by atoms with Crippen LogP contribution < -0.4 is 5.32 Å². The van der Waals surface area contributed by atoms with Crippen molar-refractivity contribution in [3.05, 3.63) is 30.6 Å². The summed E-state index contributed by atoms with van der Waals surface area (Å²) < 4.78 is 7.62. The van der Waals surface area contributed by atoms with E-state index in [9.17, 15) is 0 Å². The number of rotatable bonds is 9. The highest BCUT2D eigenvalue weighted by molar-refractivity contribution is 4.99. The van der Waals surface area contributed by atoms with Crippen molar-refractivity contribution in [1.82, 2.24) is 15.1 Å². The van der Waals surface area contributed by atoms with E-state index in [0.717, 1.165) is 38.4 Å². The molecule has 1 aliphatic carbocycles. The molecule has 112 valence electrons. The van der Waals surface area contributed by atoms with Crippen LogP contribution in [0.25, 0.3) is 0 Å². The van der Waals surface area contributed by atoms with Gasteiger partial charge in [-0.15, -0.1) is 6.58 Å². The zero-order valence-electron chi connectivity index (χ0n) is 12.4. The quantitative estimate of drug-likeness (QED) is 0.557. The van der Waals surface area contributed by atoms with E-state index in [2.05, 4.69) is 33.9 Å². The fourth-order valence-corrected chi connectivity index (χ4v) is 2.65. The molecule has 1 N–H and O–H groups in total. The van der Waals surface area contributed by atoms with Gasteiger partial charge in [0.05, 0.1) is 24.9 Å². The fraction of sp³-hybridized carbons (Fsp3) is 0.688. The van der Waals surface area contributed by atoms with Gasteiger partial charge in [0.2, 0.25) is 0 Å². The summed E-state index contributed by atoms with van der Waals surface area (Å²) in [6.07, 6.45) is 11.6. The second-order valence-electron chi connectivity index (χ2n) is 5.45. The van der Waals surface area contributed by atoms with E-state index in [1.807, 2.05) is 6.08 Å². The van der Waals surface area contributed by atoms with Crippen LogP contribution in [0.2, 0.25) is 0 Å². The lowest BCUT2D eigenvalue weighted by molar-refractivity contribution is 0.140. The van der Waals surface area contributed by atoms with Gasteiger partial charge in [-0.05, 0) is 25.3 Å². The SMILES string of the molecule is C=CCCOCCNCc1ccn(C2CCCCC2)n1. The van der Waals surface area contributed by atoms with Gasteiger partial charge in [-0.2, -0.15) is 5.10 Å². The van der Waals surface area contributed by atoms with Crippen molar-refractivity contribution in [2.75, 3.05) is 19.8 Å². The summed E-state index contributed by atoms with van der Waals surface area (Å²) in [5, 5.41) is 8.05. The second kappa shape index (κ2) is 8.93. The van der Waals surface area contributed by atoms with Crippen LogP contribution in [0.15, 0.2) is 24.9 Å². The van der Waals surface area contributed by atoms with Crippen LogP contribution in [0, 0.1) is 0 Å².